The minimum Gasteiger partial charge on any atom is -0.457 e. The molecule has 17 nitrogen and oxygen atoms in total. The third-order valence-electron chi connectivity index (χ3n) is 8.27. The molecule has 350 valence electrons. The highest BCUT2D eigenvalue weighted by atomic mass is 32.2. The molecule has 0 aromatic heterocycles. The van der Waals surface area contributed by atoms with E-state index in [9.17, 15) is 44.0 Å². The number of carbonyl (C=O) groups excluding carboxylic acids is 2. The highest BCUT2D eigenvalue weighted by Crippen LogP contribution is 2.49. The van der Waals surface area contributed by atoms with Crippen LogP contribution in [0.25, 0.3) is 0 Å². The molecule has 8 N–H and O–H groups in total. The SMILES string of the molecule is CC#CC#CC#CC#CSC(=O)CCC.CCCCCCCCCCCCCCCC(=O)O[C@H](COCO)COP(=O)(O)OC1C(O)[C@H](OP(=O)(O)O)[C@H](O)C(O)[C@@H]1O.[HH].[HH].[HH].[HH].[HH].[HH].[HH]. The lowest BCUT2D eigenvalue weighted by Crippen LogP contribution is -2.64. The Bertz CT molecular complexity index is 1580. The molecule has 0 aromatic rings. The summed E-state index contributed by atoms with van der Waals surface area (Å²) >= 11 is 0.991. The largest absolute Gasteiger partial charge is 0.472 e. The van der Waals surface area contributed by atoms with E-state index in [1.54, 1.807) is 6.92 Å². The van der Waals surface area contributed by atoms with Crippen LogP contribution in [-0.2, 0) is 41.8 Å². The zero-order valence-corrected chi connectivity index (χ0v) is 36.6. The van der Waals surface area contributed by atoms with Gasteiger partial charge in [0.15, 0.2) is 0 Å². The first kappa shape index (κ1) is 56.7. The van der Waals surface area contributed by atoms with Crippen LogP contribution < -0.4 is 0 Å². The molecule has 1 fully saturated rings. The molecule has 1 rings (SSSR count). The number of hydrogen-bond acceptors (Lipinski definition) is 15. The van der Waals surface area contributed by atoms with Crippen molar-refractivity contribution < 1.29 is 92.0 Å². The third kappa shape index (κ3) is 29.6. The number of aliphatic hydroxyl groups is 5. The predicted octanol–water partition coefficient (Wildman–Crippen LogP) is 5.54. The summed E-state index contributed by atoms with van der Waals surface area (Å²) in [4.78, 5) is 51.4. The molecule has 0 saturated heterocycles. The summed E-state index contributed by atoms with van der Waals surface area (Å²) in [5, 5.41) is 52.0. The molecule has 1 saturated carbocycles. The smallest absolute Gasteiger partial charge is 0.457 e. The maximum Gasteiger partial charge on any atom is 0.472 e. The standard InChI is InChI=1S/C26H52O16P2.C13H10OS.7H2/c1-2-3-4-5-6-7-8-9-10-11-12-13-14-15-20(28)40-19(16-38-18-27)17-39-44(36,37)42-26-23(31)21(29)22(30)25(24(26)32)41-43(33,34)35;1-3-5-6-7-8-9-10-12-15-13(14)11-4-2;;;;;;;/h19,21-27,29-32H,2-18H2,1H3,(H,36,37)(H2,33,34,35);4,11H2,1-2H3;7*1H/t19-,21?,22-,23+,24?,25-,26?;;;;;;;;/m1......../s1. The van der Waals surface area contributed by atoms with Crippen LogP contribution in [0.15, 0.2) is 0 Å². The molecular formula is C39H76O17P2S. The van der Waals surface area contributed by atoms with Crippen molar-refractivity contribution in [3.63, 3.8) is 0 Å². The van der Waals surface area contributed by atoms with Gasteiger partial charge in [0.05, 0.1) is 13.2 Å². The summed E-state index contributed by atoms with van der Waals surface area (Å²) < 4.78 is 47.5. The monoisotopic (exact) mass is 910 g/mol. The number of thioether (sulfide) groups is 1. The summed E-state index contributed by atoms with van der Waals surface area (Å²) in [5.41, 5.74) is 0. The van der Waals surface area contributed by atoms with Crippen molar-refractivity contribution in [2.24, 2.45) is 0 Å². The van der Waals surface area contributed by atoms with E-state index < -0.39 is 84.3 Å². The molecule has 0 spiro atoms. The number of hydrogen-bond donors (Lipinski definition) is 8. The Morgan fingerprint density at radius 1 is 0.661 bits per heavy atom. The van der Waals surface area contributed by atoms with Crippen molar-refractivity contribution in [1.82, 2.24) is 0 Å². The van der Waals surface area contributed by atoms with Crippen LogP contribution in [0.2, 0.25) is 0 Å². The predicted molar refractivity (Wildman–Crippen MR) is 234 cm³/mol. The van der Waals surface area contributed by atoms with Gasteiger partial charge in [0, 0.05) is 34.6 Å². The number of unbranched alkanes of at least 4 members (excludes halogenated alkanes) is 12. The highest BCUT2D eigenvalue weighted by Gasteiger charge is 2.54. The van der Waals surface area contributed by atoms with Gasteiger partial charge in [-0.2, -0.15) is 0 Å². The minimum absolute atomic E-state index is 0. The second-order valence-corrected chi connectivity index (χ2v) is 16.7. The first-order valence-electron chi connectivity index (χ1n) is 19.6. The van der Waals surface area contributed by atoms with Crippen LogP contribution in [-0.4, -0.2) is 114 Å². The molecule has 8 atom stereocenters. The molecular weight excluding hydrogens is 834 g/mol. The van der Waals surface area contributed by atoms with Crippen LogP contribution in [0, 0.1) is 46.7 Å². The number of phosphoric ester groups is 2. The van der Waals surface area contributed by atoms with E-state index >= 15 is 0 Å². The Labute approximate surface area is 362 Å². The first-order chi connectivity index (χ1) is 28.0. The number of carbonyl (C=O) groups is 2. The number of aliphatic hydroxyl groups excluding tert-OH is 5. The molecule has 59 heavy (non-hydrogen) atoms. The second kappa shape index (κ2) is 34.3. The number of ether oxygens (including phenoxy) is 2. The van der Waals surface area contributed by atoms with Crippen molar-refractivity contribution >= 4 is 38.5 Å². The average Bonchev–Trinajstić information content (AvgIpc) is 3.18. The molecule has 1 aliphatic carbocycles. The van der Waals surface area contributed by atoms with Crippen molar-refractivity contribution in [3.05, 3.63) is 0 Å². The Hall–Kier alpha value is -2.29. The fraction of sp³-hybridized carbons (Fsp3) is 0.744. The molecule has 0 radical (unpaired) electrons. The Kier molecular flexibility index (Phi) is 33.0. The third-order valence-corrected chi connectivity index (χ3v) is 10.4. The molecule has 0 heterocycles. The van der Waals surface area contributed by atoms with Gasteiger partial charge >= 0.3 is 21.6 Å². The molecule has 0 aromatic carbocycles. The van der Waals surface area contributed by atoms with Crippen molar-refractivity contribution in [2.45, 2.75) is 166 Å². The van der Waals surface area contributed by atoms with E-state index in [0.29, 0.717) is 12.8 Å². The molecule has 0 bridgehead atoms. The van der Waals surface area contributed by atoms with Crippen molar-refractivity contribution in [2.75, 3.05) is 20.0 Å². The minimum atomic E-state index is -5.32. The van der Waals surface area contributed by atoms with Gasteiger partial charge < -0.3 is 49.7 Å². The van der Waals surface area contributed by atoms with E-state index in [-0.39, 0.29) is 21.5 Å². The fourth-order valence-corrected chi connectivity index (χ4v) is 7.40. The fourth-order valence-electron chi connectivity index (χ4n) is 5.33. The van der Waals surface area contributed by atoms with Gasteiger partial charge in [0.1, 0.15) is 49.5 Å². The molecule has 1 aliphatic rings. The van der Waals surface area contributed by atoms with Gasteiger partial charge in [-0.15, -0.1) is 0 Å². The zero-order chi connectivity index (χ0) is 44.5. The Morgan fingerprint density at radius 2 is 1.17 bits per heavy atom. The van der Waals surface area contributed by atoms with Gasteiger partial charge in [0.2, 0.25) is 5.12 Å². The van der Waals surface area contributed by atoms with Crippen LogP contribution >= 0.6 is 27.4 Å². The lowest BCUT2D eigenvalue weighted by Gasteiger charge is -2.43. The molecule has 0 amide bonds. The Morgan fingerprint density at radius 3 is 1.68 bits per heavy atom. The summed E-state index contributed by atoms with van der Waals surface area (Å²) in [6.07, 6.45) is 1.65. The van der Waals surface area contributed by atoms with Crippen molar-refractivity contribution in [1.29, 1.82) is 0 Å². The summed E-state index contributed by atoms with van der Waals surface area (Å²) in [6.45, 7) is 3.91. The quantitative estimate of drug-likeness (QED) is 0.0165. The maximum absolute atomic E-state index is 12.5. The van der Waals surface area contributed by atoms with Gasteiger partial charge in [-0.3, -0.25) is 23.2 Å². The summed E-state index contributed by atoms with van der Waals surface area (Å²) in [5.74, 6) is 17.2. The maximum atomic E-state index is 12.5. The van der Waals surface area contributed by atoms with E-state index in [4.69, 9.17) is 33.4 Å². The number of phosphoric acid groups is 2. The molecule has 20 heteroatoms. The van der Waals surface area contributed by atoms with E-state index in [1.165, 1.54) is 51.4 Å². The second-order valence-electron chi connectivity index (χ2n) is 13.3. The highest BCUT2D eigenvalue weighted by molar-refractivity contribution is 8.17. The molecule has 0 aliphatic heterocycles. The Balaban J connectivity index is -0.000000220. The average molecular weight is 911 g/mol. The number of rotatable bonds is 27. The topological polar surface area (TPSA) is 276 Å². The van der Waals surface area contributed by atoms with Crippen molar-refractivity contribution in [3.8, 4) is 46.7 Å². The zero-order valence-electron chi connectivity index (χ0n) is 34.0. The van der Waals surface area contributed by atoms with E-state index in [1.807, 2.05) is 6.92 Å². The lowest BCUT2D eigenvalue weighted by molar-refractivity contribution is -0.216. The number of esters is 1. The van der Waals surface area contributed by atoms with E-state index in [2.05, 4.69) is 58.1 Å². The van der Waals surface area contributed by atoms with Crippen LogP contribution in [0.3, 0.4) is 0 Å². The molecule has 4 unspecified atom stereocenters. The summed E-state index contributed by atoms with van der Waals surface area (Å²) in [6, 6.07) is 0. The van der Waals surface area contributed by atoms with Gasteiger partial charge in [-0.1, -0.05) is 96.8 Å². The first-order valence-corrected chi connectivity index (χ1v) is 23.5. The van der Waals surface area contributed by atoms with Crippen LogP contribution in [0.4, 0.5) is 0 Å². The van der Waals surface area contributed by atoms with Gasteiger partial charge in [-0.25, -0.2) is 9.13 Å². The normalized spacial score (nSPS) is 21.2. The van der Waals surface area contributed by atoms with E-state index in [0.717, 1.165) is 43.9 Å². The van der Waals surface area contributed by atoms with Crippen LogP contribution in [0.1, 0.15) is 133 Å². The summed E-state index contributed by atoms with van der Waals surface area (Å²) in [7, 11) is -10.5. The van der Waals surface area contributed by atoms with Gasteiger partial charge in [0.25, 0.3) is 0 Å². The van der Waals surface area contributed by atoms with Gasteiger partial charge in [-0.05, 0) is 60.5 Å². The van der Waals surface area contributed by atoms with Crippen LogP contribution in [0.5, 0.6) is 0 Å². The lowest BCUT2D eigenvalue weighted by atomic mass is 9.85.